The summed E-state index contributed by atoms with van der Waals surface area (Å²) in [6.45, 7) is 3.37. The second kappa shape index (κ2) is 5.95. The van der Waals surface area contributed by atoms with E-state index in [0.29, 0.717) is 0 Å². The highest BCUT2D eigenvalue weighted by Crippen LogP contribution is 2.39. The predicted molar refractivity (Wildman–Crippen MR) is 86.5 cm³/mol. The van der Waals surface area contributed by atoms with Gasteiger partial charge in [-0.05, 0) is 68.2 Å². The molecular weight excluding hydrogens is 268 g/mol. The molecule has 0 saturated heterocycles. The number of hydrogen-bond donors (Lipinski definition) is 1. The van der Waals surface area contributed by atoms with E-state index in [1.54, 1.807) is 0 Å². The molecule has 0 bridgehead atoms. The molecule has 2 N–H and O–H groups in total. The first-order valence-electron chi connectivity index (χ1n) is 7.98. The van der Waals surface area contributed by atoms with Gasteiger partial charge in [-0.15, -0.1) is 0 Å². The molecule has 0 amide bonds. The monoisotopic (exact) mass is 292 g/mol. The Bertz CT molecular complexity index is 466. The van der Waals surface area contributed by atoms with E-state index in [4.69, 9.17) is 17.3 Å². The number of nitrogens with two attached hydrogens (primary N) is 1. The standard InChI is InChI=1S/C17H25ClN2/c1-2-15(19)10-13-9-14(18)5-8-17(13)20(16-6-7-16)11-12-3-4-12/h5,8-9,12,15-16H,2-4,6-7,10-11,19H2,1H3. The maximum atomic E-state index is 6.20. The molecule has 2 saturated carbocycles. The van der Waals surface area contributed by atoms with Crippen molar-refractivity contribution in [3.63, 3.8) is 0 Å². The zero-order chi connectivity index (χ0) is 14.1. The minimum Gasteiger partial charge on any atom is -0.368 e. The second-order valence-electron chi connectivity index (χ2n) is 6.47. The Labute approximate surface area is 127 Å². The molecule has 0 aromatic heterocycles. The molecule has 2 nitrogen and oxygen atoms in total. The van der Waals surface area contributed by atoms with Crippen LogP contribution in [-0.4, -0.2) is 18.6 Å². The van der Waals surface area contributed by atoms with E-state index in [9.17, 15) is 0 Å². The van der Waals surface area contributed by atoms with E-state index < -0.39 is 0 Å². The van der Waals surface area contributed by atoms with Gasteiger partial charge in [0.25, 0.3) is 0 Å². The van der Waals surface area contributed by atoms with Gasteiger partial charge in [-0.25, -0.2) is 0 Å². The van der Waals surface area contributed by atoms with Crippen LogP contribution < -0.4 is 10.6 Å². The summed E-state index contributed by atoms with van der Waals surface area (Å²) in [5, 5.41) is 0.828. The van der Waals surface area contributed by atoms with Gasteiger partial charge in [0.05, 0.1) is 0 Å². The Balaban J connectivity index is 1.84. The van der Waals surface area contributed by atoms with Crippen molar-refractivity contribution in [3.05, 3.63) is 28.8 Å². The Morgan fingerprint density at radius 1 is 1.30 bits per heavy atom. The number of benzene rings is 1. The lowest BCUT2D eigenvalue weighted by molar-refractivity contribution is 0.641. The Morgan fingerprint density at radius 3 is 2.65 bits per heavy atom. The van der Waals surface area contributed by atoms with Crippen molar-refractivity contribution in [2.75, 3.05) is 11.4 Å². The van der Waals surface area contributed by atoms with Crippen molar-refractivity contribution in [1.82, 2.24) is 0 Å². The molecule has 2 fully saturated rings. The molecule has 3 rings (SSSR count). The third kappa shape index (κ3) is 3.48. The van der Waals surface area contributed by atoms with Crippen molar-refractivity contribution in [2.24, 2.45) is 11.7 Å². The van der Waals surface area contributed by atoms with Crippen LogP contribution >= 0.6 is 11.6 Å². The first kappa shape index (κ1) is 14.2. The minimum atomic E-state index is 0.231. The van der Waals surface area contributed by atoms with Gasteiger partial charge in [-0.2, -0.15) is 0 Å². The molecule has 1 atom stereocenters. The number of nitrogens with zero attached hydrogens (tertiary/aromatic N) is 1. The molecule has 0 spiro atoms. The lowest BCUT2D eigenvalue weighted by atomic mass is 10.0. The minimum absolute atomic E-state index is 0.231. The fraction of sp³-hybridized carbons (Fsp3) is 0.647. The molecule has 0 heterocycles. The maximum absolute atomic E-state index is 6.20. The fourth-order valence-corrected chi connectivity index (χ4v) is 3.03. The molecule has 3 heteroatoms. The second-order valence-corrected chi connectivity index (χ2v) is 6.91. The highest BCUT2D eigenvalue weighted by atomic mass is 35.5. The summed E-state index contributed by atoms with van der Waals surface area (Å²) >= 11 is 6.20. The van der Waals surface area contributed by atoms with Crippen LogP contribution in [0.1, 0.15) is 44.6 Å². The van der Waals surface area contributed by atoms with Crippen molar-refractivity contribution >= 4 is 17.3 Å². The topological polar surface area (TPSA) is 29.3 Å². The zero-order valence-corrected chi connectivity index (χ0v) is 13.1. The van der Waals surface area contributed by atoms with Crippen LogP contribution in [-0.2, 0) is 6.42 Å². The average Bonchev–Trinajstić information content (AvgIpc) is 3.29. The normalized spacial score (nSPS) is 19.9. The van der Waals surface area contributed by atoms with E-state index in [1.165, 1.54) is 43.5 Å². The molecular formula is C17H25ClN2. The molecule has 20 heavy (non-hydrogen) atoms. The average molecular weight is 293 g/mol. The highest BCUT2D eigenvalue weighted by molar-refractivity contribution is 6.30. The van der Waals surface area contributed by atoms with Crippen molar-refractivity contribution in [2.45, 2.75) is 57.5 Å². The molecule has 2 aliphatic rings. The molecule has 2 aliphatic carbocycles. The summed E-state index contributed by atoms with van der Waals surface area (Å²) in [6.07, 6.45) is 7.43. The van der Waals surface area contributed by atoms with Gasteiger partial charge >= 0.3 is 0 Å². The summed E-state index contributed by atoms with van der Waals surface area (Å²) in [4.78, 5) is 2.63. The number of halogens is 1. The van der Waals surface area contributed by atoms with Gasteiger partial charge in [0, 0.05) is 29.3 Å². The van der Waals surface area contributed by atoms with E-state index in [-0.39, 0.29) is 6.04 Å². The summed E-state index contributed by atoms with van der Waals surface area (Å²) in [5.41, 5.74) is 8.88. The van der Waals surface area contributed by atoms with Crippen molar-refractivity contribution in [3.8, 4) is 0 Å². The molecule has 1 unspecified atom stereocenters. The van der Waals surface area contributed by atoms with Crippen LogP contribution in [0.15, 0.2) is 18.2 Å². The predicted octanol–water partition coefficient (Wildman–Crippen LogP) is 4.00. The maximum Gasteiger partial charge on any atom is 0.0410 e. The van der Waals surface area contributed by atoms with E-state index in [1.807, 2.05) is 6.07 Å². The number of rotatable bonds is 7. The summed E-state index contributed by atoms with van der Waals surface area (Å²) in [5.74, 6) is 0.916. The van der Waals surface area contributed by atoms with E-state index in [2.05, 4.69) is 24.0 Å². The van der Waals surface area contributed by atoms with Gasteiger partial charge in [-0.1, -0.05) is 18.5 Å². The van der Waals surface area contributed by atoms with Crippen LogP contribution in [0.3, 0.4) is 0 Å². The van der Waals surface area contributed by atoms with Gasteiger partial charge in [0.15, 0.2) is 0 Å². The quantitative estimate of drug-likeness (QED) is 0.823. The number of hydrogen-bond acceptors (Lipinski definition) is 2. The molecule has 110 valence electrons. The lowest BCUT2D eigenvalue weighted by Gasteiger charge is -2.28. The number of anilines is 1. The summed E-state index contributed by atoms with van der Waals surface area (Å²) in [6, 6.07) is 7.35. The summed E-state index contributed by atoms with van der Waals surface area (Å²) < 4.78 is 0. The van der Waals surface area contributed by atoms with Gasteiger partial charge in [0.1, 0.15) is 0 Å². The molecule has 1 aromatic rings. The zero-order valence-electron chi connectivity index (χ0n) is 12.3. The van der Waals surface area contributed by atoms with Crippen LogP contribution in [0.25, 0.3) is 0 Å². The largest absolute Gasteiger partial charge is 0.368 e. The summed E-state index contributed by atoms with van der Waals surface area (Å²) in [7, 11) is 0. The first-order valence-corrected chi connectivity index (χ1v) is 8.35. The Morgan fingerprint density at radius 2 is 2.05 bits per heavy atom. The molecule has 0 radical (unpaired) electrons. The van der Waals surface area contributed by atoms with E-state index in [0.717, 1.165) is 29.8 Å². The third-order valence-corrected chi connectivity index (χ3v) is 4.73. The highest BCUT2D eigenvalue weighted by Gasteiger charge is 2.34. The van der Waals surface area contributed by atoms with Crippen LogP contribution in [0, 0.1) is 5.92 Å². The lowest BCUT2D eigenvalue weighted by Crippen LogP contribution is -2.30. The van der Waals surface area contributed by atoms with Gasteiger partial charge in [-0.3, -0.25) is 0 Å². The first-order chi connectivity index (χ1) is 9.67. The fourth-order valence-electron chi connectivity index (χ4n) is 2.83. The smallest absolute Gasteiger partial charge is 0.0410 e. The van der Waals surface area contributed by atoms with Crippen LogP contribution in [0.5, 0.6) is 0 Å². The molecule has 0 aliphatic heterocycles. The Kier molecular flexibility index (Phi) is 4.23. The molecule has 1 aromatic carbocycles. The van der Waals surface area contributed by atoms with E-state index >= 15 is 0 Å². The van der Waals surface area contributed by atoms with Crippen LogP contribution in [0.4, 0.5) is 5.69 Å². The van der Waals surface area contributed by atoms with Crippen molar-refractivity contribution < 1.29 is 0 Å². The van der Waals surface area contributed by atoms with Gasteiger partial charge < -0.3 is 10.6 Å². The van der Waals surface area contributed by atoms with Gasteiger partial charge in [0.2, 0.25) is 0 Å². The van der Waals surface area contributed by atoms with Crippen LogP contribution in [0.2, 0.25) is 5.02 Å². The third-order valence-electron chi connectivity index (χ3n) is 4.50. The SMILES string of the molecule is CCC(N)Cc1cc(Cl)ccc1N(CC1CC1)C1CC1. The van der Waals surface area contributed by atoms with Crippen molar-refractivity contribution in [1.29, 1.82) is 0 Å². The Hall–Kier alpha value is -0.730.